The van der Waals surface area contributed by atoms with E-state index in [-0.39, 0.29) is 16.7 Å². The van der Waals surface area contributed by atoms with Crippen LogP contribution in [-0.4, -0.2) is 48.2 Å². The molecule has 1 aliphatic carbocycles. The highest BCUT2D eigenvalue weighted by atomic mass is 35.5. The zero-order valence-corrected chi connectivity index (χ0v) is 16.3. The molecule has 2 fully saturated rings. The van der Waals surface area contributed by atoms with Crippen molar-refractivity contribution in [2.45, 2.75) is 63.6 Å². The number of piperidine rings is 1. The van der Waals surface area contributed by atoms with Gasteiger partial charge in [0.25, 0.3) is 5.69 Å². The molecule has 3 rings (SSSR count). The van der Waals surface area contributed by atoms with E-state index in [1.807, 2.05) is 6.92 Å². The van der Waals surface area contributed by atoms with Crippen LogP contribution in [0, 0.1) is 17.0 Å². The second-order valence-corrected chi connectivity index (χ2v) is 7.90. The Kier molecular flexibility index (Phi) is 6.37. The highest BCUT2D eigenvalue weighted by molar-refractivity contribution is 6.31. The molecule has 0 spiro atoms. The summed E-state index contributed by atoms with van der Waals surface area (Å²) in [7, 11) is 1.81. The van der Waals surface area contributed by atoms with Crippen LogP contribution in [0.2, 0.25) is 5.02 Å². The molecule has 1 aromatic carbocycles. The lowest BCUT2D eigenvalue weighted by Gasteiger charge is -2.40. The number of anilines is 1. The minimum absolute atomic E-state index is 0.0564. The van der Waals surface area contributed by atoms with Crippen molar-refractivity contribution in [2.24, 2.45) is 0 Å². The first-order valence-corrected chi connectivity index (χ1v) is 9.83. The molecule has 1 saturated carbocycles. The molecule has 2 aliphatic rings. The number of likely N-dealkylation sites (tertiary alicyclic amines) is 1. The van der Waals surface area contributed by atoms with Crippen LogP contribution in [-0.2, 0) is 4.74 Å². The van der Waals surface area contributed by atoms with Crippen molar-refractivity contribution in [2.75, 3.05) is 25.5 Å². The summed E-state index contributed by atoms with van der Waals surface area (Å²) < 4.78 is 5.47. The third kappa shape index (κ3) is 4.48. The third-order valence-electron chi connectivity index (χ3n) is 5.86. The van der Waals surface area contributed by atoms with Crippen LogP contribution in [0.15, 0.2) is 12.1 Å². The van der Waals surface area contributed by atoms with Gasteiger partial charge in [-0.15, -0.1) is 0 Å². The molecule has 1 aliphatic heterocycles. The fourth-order valence-electron chi connectivity index (χ4n) is 4.21. The minimum Gasteiger partial charge on any atom is -0.381 e. The van der Waals surface area contributed by atoms with E-state index in [4.69, 9.17) is 16.3 Å². The summed E-state index contributed by atoms with van der Waals surface area (Å²) in [4.78, 5) is 13.6. The molecule has 26 heavy (non-hydrogen) atoms. The summed E-state index contributed by atoms with van der Waals surface area (Å²) in [5.41, 5.74) is 1.49. The summed E-state index contributed by atoms with van der Waals surface area (Å²) in [6, 6.07) is 4.16. The van der Waals surface area contributed by atoms with E-state index in [1.54, 1.807) is 13.2 Å². The van der Waals surface area contributed by atoms with Gasteiger partial charge in [-0.25, -0.2) is 0 Å². The van der Waals surface area contributed by atoms with Gasteiger partial charge in [-0.2, -0.15) is 0 Å². The predicted molar refractivity (Wildman–Crippen MR) is 104 cm³/mol. The summed E-state index contributed by atoms with van der Waals surface area (Å²) in [6.07, 6.45) is 7.15. The first kappa shape index (κ1) is 19.4. The SMILES string of the molecule is CO[C@H]1CC[C@H](N2CCC(Nc3cc(C)c(Cl)cc3[N+](=O)[O-])CC2)CC1. The van der Waals surface area contributed by atoms with Crippen molar-refractivity contribution >= 4 is 23.0 Å². The van der Waals surface area contributed by atoms with Crippen LogP contribution in [0.25, 0.3) is 0 Å². The lowest BCUT2D eigenvalue weighted by atomic mass is 9.90. The van der Waals surface area contributed by atoms with Crippen LogP contribution >= 0.6 is 11.6 Å². The molecule has 0 amide bonds. The molecular weight excluding hydrogens is 354 g/mol. The smallest absolute Gasteiger partial charge is 0.293 e. The molecule has 0 atom stereocenters. The number of benzene rings is 1. The fraction of sp³-hybridized carbons (Fsp3) is 0.684. The van der Waals surface area contributed by atoms with E-state index in [1.165, 1.54) is 18.9 Å². The number of halogens is 1. The molecular formula is C19H28ClN3O3. The minimum atomic E-state index is -0.364. The quantitative estimate of drug-likeness (QED) is 0.605. The maximum atomic E-state index is 11.3. The number of nitro groups is 1. The van der Waals surface area contributed by atoms with Gasteiger partial charge in [0.15, 0.2) is 0 Å². The average molecular weight is 382 g/mol. The number of hydrogen-bond acceptors (Lipinski definition) is 5. The lowest BCUT2D eigenvalue weighted by molar-refractivity contribution is -0.384. The monoisotopic (exact) mass is 381 g/mol. The summed E-state index contributed by atoms with van der Waals surface area (Å²) >= 11 is 6.05. The molecule has 144 valence electrons. The Labute approximate surface area is 160 Å². The van der Waals surface area contributed by atoms with Gasteiger partial charge in [0, 0.05) is 38.3 Å². The first-order valence-electron chi connectivity index (χ1n) is 9.46. The van der Waals surface area contributed by atoms with Gasteiger partial charge < -0.3 is 15.0 Å². The van der Waals surface area contributed by atoms with Crippen molar-refractivity contribution in [1.82, 2.24) is 4.90 Å². The number of hydrogen-bond donors (Lipinski definition) is 1. The maximum Gasteiger partial charge on any atom is 0.293 e. The zero-order chi connectivity index (χ0) is 18.7. The maximum absolute atomic E-state index is 11.3. The Hall–Kier alpha value is -1.37. The number of nitrogens with zero attached hydrogens (tertiary/aromatic N) is 2. The summed E-state index contributed by atoms with van der Waals surface area (Å²) in [6.45, 7) is 3.96. The molecule has 1 heterocycles. The second kappa shape index (κ2) is 8.55. The van der Waals surface area contributed by atoms with Gasteiger partial charge in [0.2, 0.25) is 0 Å². The Morgan fingerprint density at radius 1 is 1.19 bits per heavy atom. The molecule has 0 aromatic heterocycles. The molecule has 0 bridgehead atoms. The van der Waals surface area contributed by atoms with Gasteiger partial charge in [-0.1, -0.05) is 11.6 Å². The fourth-order valence-corrected chi connectivity index (χ4v) is 4.37. The lowest BCUT2D eigenvalue weighted by Crippen LogP contribution is -2.46. The number of nitro benzene ring substituents is 1. The van der Waals surface area contributed by atoms with Gasteiger partial charge >= 0.3 is 0 Å². The Morgan fingerprint density at radius 2 is 1.85 bits per heavy atom. The van der Waals surface area contributed by atoms with E-state index < -0.39 is 0 Å². The molecule has 1 N–H and O–H groups in total. The molecule has 0 unspecified atom stereocenters. The number of ether oxygens (including phenoxy) is 1. The zero-order valence-electron chi connectivity index (χ0n) is 15.5. The van der Waals surface area contributed by atoms with Crippen LogP contribution in [0.3, 0.4) is 0 Å². The summed E-state index contributed by atoms with van der Waals surface area (Å²) in [5, 5.41) is 15.2. The van der Waals surface area contributed by atoms with E-state index >= 15 is 0 Å². The average Bonchev–Trinajstić information content (AvgIpc) is 2.65. The van der Waals surface area contributed by atoms with Crippen molar-refractivity contribution in [1.29, 1.82) is 0 Å². The van der Waals surface area contributed by atoms with E-state index in [0.29, 0.717) is 22.9 Å². The largest absolute Gasteiger partial charge is 0.381 e. The normalized spacial score (nSPS) is 25.2. The molecule has 1 aromatic rings. The van der Waals surface area contributed by atoms with Crippen molar-refractivity contribution in [3.63, 3.8) is 0 Å². The van der Waals surface area contributed by atoms with Gasteiger partial charge in [0.05, 0.1) is 16.0 Å². The van der Waals surface area contributed by atoms with Crippen molar-refractivity contribution in [3.05, 3.63) is 32.8 Å². The number of methoxy groups -OCH3 is 1. The highest BCUT2D eigenvalue weighted by Crippen LogP contribution is 2.33. The van der Waals surface area contributed by atoms with E-state index in [0.717, 1.165) is 44.3 Å². The molecule has 0 radical (unpaired) electrons. The Balaban J connectivity index is 1.56. The van der Waals surface area contributed by atoms with Crippen LogP contribution in [0.1, 0.15) is 44.1 Å². The van der Waals surface area contributed by atoms with Crippen LogP contribution in [0.4, 0.5) is 11.4 Å². The highest BCUT2D eigenvalue weighted by Gasteiger charge is 2.29. The molecule has 6 nitrogen and oxygen atoms in total. The Bertz CT molecular complexity index is 639. The first-order chi connectivity index (χ1) is 12.5. The number of aryl methyl sites for hydroxylation is 1. The third-order valence-corrected chi connectivity index (χ3v) is 6.26. The van der Waals surface area contributed by atoms with Crippen LogP contribution < -0.4 is 5.32 Å². The molecule has 1 saturated heterocycles. The van der Waals surface area contributed by atoms with E-state index in [2.05, 4.69) is 10.2 Å². The van der Waals surface area contributed by atoms with Gasteiger partial charge in [-0.05, 0) is 57.1 Å². The molecule has 7 heteroatoms. The second-order valence-electron chi connectivity index (χ2n) is 7.50. The van der Waals surface area contributed by atoms with Crippen molar-refractivity contribution < 1.29 is 9.66 Å². The van der Waals surface area contributed by atoms with Crippen molar-refractivity contribution in [3.8, 4) is 0 Å². The van der Waals surface area contributed by atoms with Crippen LogP contribution in [0.5, 0.6) is 0 Å². The predicted octanol–water partition coefficient (Wildman–Crippen LogP) is 4.39. The summed E-state index contributed by atoms with van der Waals surface area (Å²) in [5.74, 6) is 0. The number of rotatable bonds is 5. The standard InChI is InChI=1S/C19H28ClN3O3/c1-13-11-18(19(23(24)25)12-17(13)20)21-14-7-9-22(10-8-14)15-3-5-16(26-2)6-4-15/h11-12,14-16,21H,3-10H2,1-2H3/t15-,16-. The van der Waals surface area contributed by atoms with E-state index in [9.17, 15) is 10.1 Å². The van der Waals surface area contributed by atoms with Gasteiger partial charge in [-0.3, -0.25) is 10.1 Å². The number of nitrogens with one attached hydrogen (secondary N) is 1. The topological polar surface area (TPSA) is 67.6 Å². The Morgan fingerprint density at radius 3 is 2.42 bits per heavy atom. The van der Waals surface area contributed by atoms with Gasteiger partial charge in [0.1, 0.15) is 5.69 Å².